The Morgan fingerprint density at radius 3 is 2.53 bits per heavy atom. The van der Waals surface area contributed by atoms with Gasteiger partial charge in [0.05, 0.1) is 29.9 Å². The molecule has 4 rings (SSSR count). The molecular weight excluding hydrogens is 486 g/mol. The lowest BCUT2D eigenvalue weighted by Crippen LogP contribution is -2.56. The van der Waals surface area contributed by atoms with Gasteiger partial charge in [-0.2, -0.15) is 0 Å². The Hall–Kier alpha value is -2.40. The molecule has 2 N–H and O–H groups in total. The highest BCUT2D eigenvalue weighted by Crippen LogP contribution is 2.59. The number of aromatic carboxylic acids is 1. The third kappa shape index (κ3) is 5.77. The molecule has 36 heavy (non-hydrogen) atoms. The van der Waals surface area contributed by atoms with Crippen LogP contribution in [0.15, 0.2) is 40.8 Å². The number of epoxide rings is 2. The fourth-order valence-electron chi connectivity index (χ4n) is 5.23. The molecule has 1 saturated carbocycles. The number of carbonyl (C=O) groups is 3. The topological polar surface area (TPSA) is 127 Å². The highest BCUT2D eigenvalue weighted by molar-refractivity contribution is 8.00. The van der Waals surface area contributed by atoms with Gasteiger partial charge in [0.15, 0.2) is 0 Å². The van der Waals surface area contributed by atoms with Gasteiger partial charge < -0.3 is 24.1 Å². The first kappa shape index (κ1) is 26.7. The number of thioether (sulfide) groups is 1. The molecule has 2 saturated heterocycles. The van der Waals surface area contributed by atoms with E-state index >= 15 is 0 Å². The van der Waals surface area contributed by atoms with Crippen molar-refractivity contribution in [2.75, 3.05) is 19.5 Å². The first-order valence-electron chi connectivity index (χ1n) is 12.0. The summed E-state index contributed by atoms with van der Waals surface area (Å²) in [5.74, 6) is -1.64. The highest BCUT2D eigenvalue weighted by atomic mass is 32.2. The second-order valence-corrected chi connectivity index (χ2v) is 11.0. The van der Waals surface area contributed by atoms with E-state index in [0.29, 0.717) is 17.9 Å². The zero-order valence-electron chi connectivity index (χ0n) is 20.9. The van der Waals surface area contributed by atoms with Crippen molar-refractivity contribution in [3.63, 3.8) is 0 Å². The fraction of sp³-hybridized carbons (Fsp3) is 0.577. The molecule has 2 aliphatic heterocycles. The van der Waals surface area contributed by atoms with Gasteiger partial charge >= 0.3 is 12.1 Å². The number of rotatable bonds is 9. The van der Waals surface area contributed by atoms with E-state index < -0.39 is 35.8 Å². The summed E-state index contributed by atoms with van der Waals surface area (Å²) in [4.78, 5) is 36.5. The molecule has 1 aliphatic carbocycles. The first-order valence-corrected chi connectivity index (χ1v) is 13.0. The van der Waals surface area contributed by atoms with Crippen molar-refractivity contribution < 1.29 is 38.4 Å². The number of benzene rings is 1. The van der Waals surface area contributed by atoms with E-state index in [1.165, 1.54) is 29.5 Å². The van der Waals surface area contributed by atoms with Crippen molar-refractivity contribution in [2.45, 2.75) is 74.4 Å². The van der Waals surface area contributed by atoms with E-state index in [-0.39, 0.29) is 28.9 Å². The fourth-order valence-corrected chi connectivity index (χ4v) is 5.93. The van der Waals surface area contributed by atoms with Gasteiger partial charge in [-0.3, -0.25) is 10.1 Å². The van der Waals surface area contributed by atoms with E-state index in [4.69, 9.17) is 24.1 Å². The Bertz CT molecular complexity index is 1030. The number of carboxylic acid groups (broad SMARTS) is 1. The number of hydrogen-bond donors (Lipinski definition) is 2. The molecule has 1 unspecified atom stereocenters. The summed E-state index contributed by atoms with van der Waals surface area (Å²) in [5.41, 5.74) is 0.631. The predicted molar refractivity (Wildman–Crippen MR) is 132 cm³/mol. The summed E-state index contributed by atoms with van der Waals surface area (Å²) >= 11 is 1.19. The summed E-state index contributed by atoms with van der Waals surface area (Å²) in [6.45, 7) is 6.82. The minimum Gasteiger partial charge on any atom is -0.478 e. The summed E-state index contributed by atoms with van der Waals surface area (Å²) in [7, 11) is 1.60. The van der Waals surface area contributed by atoms with Gasteiger partial charge in [0.25, 0.3) is 0 Å². The Labute approximate surface area is 214 Å². The summed E-state index contributed by atoms with van der Waals surface area (Å²) in [6.07, 6.45) is 2.52. The second kappa shape index (κ2) is 10.5. The molecule has 1 aromatic rings. The van der Waals surface area contributed by atoms with Crippen molar-refractivity contribution in [3.05, 3.63) is 41.5 Å². The van der Waals surface area contributed by atoms with Gasteiger partial charge in [0.2, 0.25) is 5.91 Å². The minimum absolute atomic E-state index is 0.0164. The van der Waals surface area contributed by atoms with Crippen LogP contribution < -0.4 is 5.32 Å². The van der Waals surface area contributed by atoms with Crippen molar-refractivity contribution in [1.29, 1.82) is 0 Å². The molecule has 3 fully saturated rings. The molecule has 0 aromatic heterocycles. The zero-order chi connectivity index (χ0) is 26.1. The quantitative estimate of drug-likeness (QED) is 0.284. The normalized spacial score (nSPS) is 32.4. The Kier molecular flexibility index (Phi) is 7.80. The van der Waals surface area contributed by atoms with E-state index in [9.17, 15) is 14.4 Å². The second-order valence-electron chi connectivity index (χ2n) is 9.99. The van der Waals surface area contributed by atoms with E-state index in [1.807, 2.05) is 0 Å². The Balaban J connectivity index is 1.32. The monoisotopic (exact) mass is 519 g/mol. The van der Waals surface area contributed by atoms with Gasteiger partial charge in [-0.1, -0.05) is 11.6 Å². The van der Waals surface area contributed by atoms with Crippen molar-refractivity contribution in [1.82, 2.24) is 5.32 Å². The van der Waals surface area contributed by atoms with Gasteiger partial charge in [0.1, 0.15) is 23.4 Å². The standard InChI is InChI=1S/C26H33NO8S/c1-15(2)5-10-19-25(3,35-19)22-21(32-4)18(11-12-26(22)14-33-26)34-24(31)27-20(28)13-36-17-8-6-16(7-9-17)23(29)30/h5-9,18-19,21-22H,10-14H2,1-4H3,(H,29,30)(H,27,28,31)/t18-,19-,21-,22?,25+,26+/m1/s1. The Morgan fingerprint density at radius 2 is 1.94 bits per heavy atom. The molecule has 2 heterocycles. The molecule has 1 spiro atoms. The van der Waals surface area contributed by atoms with Crippen LogP contribution in [0, 0.1) is 5.92 Å². The minimum atomic E-state index is -1.02. The molecule has 1 aromatic carbocycles. The SMILES string of the molecule is CO[C@H]1C([C@@]2(C)O[C@@H]2CC=C(C)C)[C@]2(CC[C@H]1OC(=O)NC(=O)CSc1ccc(C(=O)O)cc1)CO2. The van der Waals surface area contributed by atoms with Gasteiger partial charge in [-0.25, -0.2) is 9.59 Å². The molecule has 0 bridgehead atoms. The van der Waals surface area contributed by atoms with Crippen LogP contribution in [0.5, 0.6) is 0 Å². The number of amides is 2. The van der Waals surface area contributed by atoms with Crippen LogP contribution in [0.2, 0.25) is 0 Å². The van der Waals surface area contributed by atoms with Crippen LogP contribution in [0.25, 0.3) is 0 Å². The van der Waals surface area contributed by atoms with Crippen LogP contribution in [0.3, 0.4) is 0 Å². The lowest BCUT2D eigenvalue weighted by atomic mass is 9.68. The van der Waals surface area contributed by atoms with E-state index in [0.717, 1.165) is 12.8 Å². The third-order valence-electron chi connectivity index (χ3n) is 7.21. The maximum absolute atomic E-state index is 12.6. The van der Waals surface area contributed by atoms with E-state index in [2.05, 4.69) is 32.2 Å². The number of methoxy groups -OCH3 is 1. The molecular formula is C26H33NO8S. The maximum atomic E-state index is 12.6. The lowest BCUT2D eigenvalue weighted by Gasteiger charge is -2.42. The van der Waals surface area contributed by atoms with Gasteiger partial charge in [-0.05, 0) is 64.3 Å². The van der Waals surface area contributed by atoms with Crippen LogP contribution in [-0.4, -0.2) is 72.1 Å². The van der Waals surface area contributed by atoms with Crippen LogP contribution in [0.4, 0.5) is 4.79 Å². The summed E-state index contributed by atoms with van der Waals surface area (Å²) in [6, 6.07) is 6.16. The number of hydrogen-bond acceptors (Lipinski definition) is 8. The van der Waals surface area contributed by atoms with Crippen LogP contribution in [0.1, 0.15) is 50.4 Å². The molecule has 0 radical (unpaired) electrons. The lowest BCUT2D eigenvalue weighted by molar-refractivity contribution is -0.124. The average Bonchev–Trinajstić information content (AvgIpc) is 3.74. The van der Waals surface area contributed by atoms with Crippen LogP contribution >= 0.6 is 11.8 Å². The van der Waals surface area contributed by atoms with E-state index in [1.54, 1.807) is 19.2 Å². The third-order valence-corrected chi connectivity index (χ3v) is 8.22. The zero-order valence-corrected chi connectivity index (χ0v) is 21.8. The molecule has 196 valence electrons. The number of alkyl carbamates (subject to hydrolysis) is 1. The van der Waals surface area contributed by atoms with Gasteiger partial charge in [0, 0.05) is 12.0 Å². The molecule has 3 aliphatic rings. The smallest absolute Gasteiger partial charge is 0.414 e. The summed E-state index contributed by atoms with van der Waals surface area (Å²) in [5, 5.41) is 11.2. The van der Waals surface area contributed by atoms with Crippen molar-refractivity contribution in [2.24, 2.45) is 5.92 Å². The van der Waals surface area contributed by atoms with Crippen molar-refractivity contribution >= 4 is 29.7 Å². The number of nitrogens with one attached hydrogen (secondary N) is 1. The van der Waals surface area contributed by atoms with Crippen LogP contribution in [-0.2, 0) is 23.7 Å². The number of allylic oxidation sites excluding steroid dienone is 1. The van der Waals surface area contributed by atoms with Crippen molar-refractivity contribution in [3.8, 4) is 0 Å². The predicted octanol–water partition coefficient (Wildman–Crippen LogP) is 3.81. The van der Waals surface area contributed by atoms with Gasteiger partial charge in [-0.15, -0.1) is 11.8 Å². The average molecular weight is 520 g/mol. The molecule has 10 heteroatoms. The number of ether oxygens (including phenoxy) is 4. The summed E-state index contributed by atoms with van der Waals surface area (Å²) < 4.78 is 23.6. The first-order chi connectivity index (χ1) is 17.1. The molecule has 9 nitrogen and oxygen atoms in total. The number of carbonyl (C=O) groups excluding carboxylic acids is 2. The molecule has 6 atom stereocenters. The largest absolute Gasteiger partial charge is 0.478 e. The maximum Gasteiger partial charge on any atom is 0.414 e. The Morgan fingerprint density at radius 1 is 1.25 bits per heavy atom. The number of imide groups is 1. The molecule has 2 amide bonds. The number of carboxylic acids is 1. The highest BCUT2D eigenvalue weighted by Gasteiger charge is 2.72.